The van der Waals surface area contributed by atoms with Crippen molar-refractivity contribution < 1.29 is 4.79 Å². The van der Waals surface area contributed by atoms with Crippen molar-refractivity contribution in [2.24, 2.45) is 5.92 Å². The van der Waals surface area contributed by atoms with Crippen LogP contribution >= 0.6 is 0 Å². The van der Waals surface area contributed by atoms with Gasteiger partial charge in [0.15, 0.2) is 0 Å². The predicted molar refractivity (Wildman–Crippen MR) is 99.2 cm³/mol. The number of carbonyl (C=O) groups is 1. The Kier molecular flexibility index (Phi) is 6.12. The first-order valence-corrected chi connectivity index (χ1v) is 9.78. The van der Waals surface area contributed by atoms with E-state index in [-0.39, 0.29) is 5.91 Å². The zero-order valence-electron chi connectivity index (χ0n) is 16.0. The van der Waals surface area contributed by atoms with Crippen molar-refractivity contribution in [3.05, 3.63) is 18.2 Å². The predicted octanol–water partition coefficient (Wildman–Crippen LogP) is 1.67. The normalized spacial score (nSPS) is 24.0. The van der Waals surface area contributed by atoms with Crippen molar-refractivity contribution in [2.45, 2.75) is 52.7 Å². The Balaban J connectivity index is 1.45. The number of carbonyl (C=O) groups excluding carboxylic acids is 1. The smallest absolute Gasteiger partial charge is 0.219 e. The van der Waals surface area contributed by atoms with Crippen molar-refractivity contribution in [3.8, 4) is 0 Å². The fourth-order valence-electron chi connectivity index (χ4n) is 4.23. The third kappa shape index (κ3) is 4.61. The van der Waals surface area contributed by atoms with Crippen LogP contribution in [0.5, 0.6) is 0 Å². The van der Waals surface area contributed by atoms with E-state index in [0.717, 1.165) is 64.6 Å². The molecule has 0 spiro atoms. The van der Waals surface area contributed by atoms with Gasteiger partial charge in [0.1, 0.15) is 5.82 Å². The lowest BCUT2D eigenvalue weighted by molar-refractivity contribution is -0.130. The number of nitrogens with zero attached hydrogens (tertiary/aromatic N) is 5. The first kappa shape index (κ1) is 18.4. The van der Waals surface area contributed by atoms with Crippen molar-refractivity contribution in [3.63, 3.8) is 0 Å². The first-order valence-electron chi connectivity index (χ1n) is 9.78. The van der Waals surface area contributed by atoms with E-state index in [0.29, 0.717) is 6.04 Å². The minimum absolute atomic E-state index is 0.228. The van der Waals surface area contributed by atoms with Crippen molar-refractivity contribution in [1.29, 1.82) is 0 Å². The Morgan fingerprint density at radius 2 is 2.00 bits per heavy atom. The van der Waals surface area contributed by atoms with E-state index in [2.05, 4.69) is 39.4 Å². The van der Waals surface area contributed by atoms with Crippen LogP contribution in [0, 0.1) is 5.92 Å². The van der Waals surface area contributed by atoms with Crippen LogP contribution < -0.4 is 0 Å². The van der Waals surface area contributed by atoms with Gasteiger partial charge in [-0.15, -0.1) is 0 Å². The van der Waals surface area contributed by atoms with Gasteiger partial charge in [0, 0.05) is 71.2 Å². The largest absolute Gasteiger partial charge is 0.343 e. The summed E-state index contributed by atoms with van der Waals surface area (Å²) in [5, 5.41) is 0. The molecule has 0 aliphatic carbocycles. The molecule has 1 aromatic rings. The molecule has 6 nitrogen and oxygen atoms in total. The Labute approximate surface area is 151 Å². The molecule has 2 aliphatic rings. The number of amides is 1. The van der Waals surface area contributed by atoms with Crippen LogP contribution in [0.2, 0.25) is 0 Å². The maximum atomic E-state index is 11.5. The van der Waals surface area contributed by atoms with E-state index in [1.54, 1.807) is 6.92 Å². The molecule has 1 atom stereocenters. The molecule has 6 heteroatoms. The van der Waals surface area contributed by atoms with Gasteiger partial charge in [-0.1, -0.05) is 0 Å². The number of hydrogen-bond donors (Lipinski definition) is 0. The standard InChI is InChI=1S/C19H33N5O/c1-4-22-10-7-20-19(22)15-24-12-11-21(13-16(24)2)14-18-5-8-23(9-6-18)17(3)25/h7,10,16,18H,4-6,8-9,11-15H2,1-3H3. The molecule has 25 heavy (non-hydrogen) atoms. The maximum Gasteiger partial charge on any atom is 0.219 e. The average Bonchev–Trinajstić information content (AvgIpc) is 3.05. The molecule has 0 aromatic carbocycles. The minimum Gasteiger partial charge on any atom is -0.343 e. The number of imidazole rings is 1. The summed E-state index contributed by atoms with van der Waals surface area (Å²) in [6.07, 6.45) is 6.29. The number of rotatable bonds is 5. The number of hydrogen-bond acceptors (Lipinski definition) is 4. The zero-order valence-corrected chi connectivity index (χ0v) is 16.0. The fraction of sp³-hybridized carbons (Fsp3) is 0.789. The van der Waals surface area contributed by atoms with Crippen LogP contribution in [0.25, 0.3) is 0 Å². The molecule has 2 aliphatic heterocycles. The van der Waals surface area contributed by atoms with Crippen LogP contribution in [0.4, 0.5) is 0 Å². The highest BCUT2D eigenvalue weighted by atomic mass is 16.2. The van der Waals surface area contributed by atoms with Crippen LogP contribution in [0.1, 0.15) is 39.4 Å². The number of aryl methyl sites for hydroxylation is 1. The average molecular weight is 348 g/mol. The van der Waals surface area contributed by atoms with Crippen LogP contribution in [-0.4, -0.2) is 75.5 Å². The van der Waals surface area contributed by atoms with Crippen molar-refractivity contribution >= 4 is 5.91 Å². The highest BCUT2D eigenvalue weighted by Crippen LogP contribution is 2.21. The summed E-state index contributed by atoms with van der Waals surface area (Å²) < 4.78 is 2.24. The van der Waals surface area contributed by atoms with Gasteiger partial charge < -0.3 is 14.4 Å². The second-order valence-electron chi connectivity index (χ2n) is 7.66. The third-order valence-corrected chi connectivity index (χ3v) is 5.91. The summed E-state index contributed by atoms with van der Waals surface area (Å²) in [4.78, 5) is 23.2. The summed E-state index contributed by atoms with van der Waals surface area (Å²) >= 11 is 0. The molecule has 1 amide bonds. The number of aromatic nitrogens is 2. The van der Waals surface area contributed by atoms with E-state index in [1.807, 2.05) is 11.1 Å². The Bertz CT molecular complexity index is 564. The van der Waals surface area contributed by atoms with E-state index in [4.69, 9.17) is 0 Å². The van der Waals surface area contributed by atoms with E-state index in [1.165, 1.54) is 12.4 Å². The molecule has 1 aromatic heterocycles. The maximum absolute atomic E-state index is 11.5. The minimum atomic E-state index is 0.228. The molecule has 3 rings (SSSR count). The second-order valence-corrected chi connectivity index (χ2v) is 7.66. The lowest BCUT2D eigenvalue weighted by Gasteiger charge is -2.42. The van der Waals surface area contributed by atoms with Gasteiger partial charge in [-0.25, -0.2) is 4.98 Å². The van der Waals surface area contributed by atoms with Gasteiger partial charge in [-0.3, -0.25) is 9.69 Å². The third-order valence-electron chi connectivity index (χ3n) is 5.91. The SMILES string of the molecule is CCn1ccnc1CN1CCN(CC2CCN(C(C)=O)CC2)CC1C. The molecule has 0 radical (unpaired) electrons. The van der Waals surface area contributed by atoms with Crippen LogP contribution in [-0.2, 0) is 17.9 Å². The summed E-state index contributed by atoms with van der Waals surface area (Å²) in [7, 11) is 0. The molecule has 1 unspecified atom stereocenters. The second kappa shape index (κ2) is 8.32. The highest BCUT2D eigenvalue weighted by molar-refractivity contribution is 5.73. The molecular weight excluding hydrogens is 314 g/mol. The molecular formula is C19H33N5O. The van der Waals surface area contributed by atoms with Gasteiger partial charge in [-0.2, -0.15) is 0 Å². The zero-order chi connectivity index (χ0) is 17.8. The van der Waals surface area contributed by atoms with Crippen molar-refractivity contribution in [2.75, 3.05) is 39.3 Å². The lowest BCUT2D eigenvalue weighted by Crippen LogP contribution is -2.53. The highest BCUT2D eigenvalue weighted by Gasteiger charge is 2.28. The number of piperidine rings is 1. The molecule has 0 bridgehead atoms. The van der Waals surface area contributed by atoms with E-state index >= 15 is 0 Å². The van der Waals surface area contributed by atoms with Gasteiger partial charge >= 0.3 is 0 Å². The Morgan fingerprint density at radius 1 is 1.24 bits per heavy atom. The van der Waals surface area contributed by atoms with Crippen LogP contribution in [0.15, 0.2) is 12.4 Å². The Hall–Kier alpha value is -1.40. The molecule has 0 saturated carbocycles. The van der Waals surface area contributed by atoms with Gasteiger partial charge in [-0.05, 0) is 32.6 Å². The lowest BCUT2D eigenvalue weighted by atomic mass is 9.95. The molecule has 2 fully saturated rings. The molecule has 2 saturated heterocycles. The summed E-state index contributed by atoms with van der Waals surface area (Å²) in [6.45, 7) is 14.6. The Morgan fingerprint density at radius 3 is 2.64 bits per heavy atom. The molecule has 140 valence electrons. The monoisotopic (exact) mass is 347 g/mol. The summed E-state index contributed by atoms with van der Waals surface area (Å²) in [5.41, 5.74) is 0. The quantitative estimate of drug-likeness (QED) is 0.813. The fourth-order valence-corrected chi connectivity index (χ4v) is 4.23. The summed E-state index contributed by atoms with van der Waals surface area (Å²) in [6, 6.07) is 0.563. The van der Waals surface area contributed by atoms with E-state index < -0.39 is 0 Å². The first-order chi connectivity index (χ1) is 12.1. The summed E-state index contributed by atoms with van der Waals surface area (Å²) in [5.74, 6) is 2.15. The molecule has 0 N–H and O–H groups in total. The van der Waals surface area contributed by atoms with Crippen LogP contribution in [0.3, 0.4) is 0 Å². The van der Waals surface area contributed by atoms with Gasteiger partial charge in [0.2, 0.25) is 5.91 Å². The topological polar surface area (TPSA) is 44.6 Å². The number of likely N-dealkylation sites (tertiary alicyclic amines) is 1. The van der Waals surface area contributed by atoms with Gasteiger partial charge in [0.05, 0.1) is 6.54 Å². The molecule has 3 heterocycles. The van der Waals surface area contributed by atoms with Gasteiger partial charge in [0.25, 0.3) is 0 Å². The van der Waals surface area contributed by atoms with E-state index in [9.17, 15) is 4.79 Å². The van der Waals surface area contributed by atoms with Crippen molar-refractivity contribution in [1.82, 2.24) is 24.3 Å². The number of piperazine rings is 1.